The first kappa shape index (κ1) is 24.0. The predicted molar refractivity (Wildman–Crippen MR) is 128 cm³/mol. The van der Waals surface area contributed by atoms with Gasteiger partial charge in [0, 0.05) is 19.2 Å². The van der Waals surface area contributed by atoms with E-state index in [1.807, 2.05) is 60.7 Å². The summed E-state index contributed by atoms with van der Waals surface area (Å²) in [7, 11) is 0. The summed E-state index contributed by atoms with van der Waals surface area (Å²) in [5.74, 6) is 0. The van der Waals surface area contributed by atoms with Crippen LogP contribution in [0.4, 0.5) is 18.0 Å². The smallest absolute Gasteiger partial charge is 0.334 e. The lowest BCUT2D eigenvalue weighted by Crippen LogP contribution is -2.52. The number of rotatable bonds is 7. The standard InChI is InChI=1S/C28H24F3N3O/c29-28(30,31)24-15-9-14-23(18-24)27(25-16-7-8-17-32-25,19-21-10-3-1-4-11-21)34-26(35)33-20-22-12-5-2-6-13-22/h1-18H,19-20H2,(H2,33,34,35). The number of nitrogens with one attached hydrogen (secondary N) is 2. The van der Waals surface area contributed by atoms with Crippen molar-refractivity contribution in [3.8, 4) is 0 Å². The Hall–Kier alpha value is -4.13. The Labute approximate surface area is 201 Å². The van der Waals surface area contributed by atoms with E-state index < -0.39 is 23.3 Å². The highest BCUT2D eigenvalue weighted by atomic mass is 19.4. The minimum atomic E-state index is -4.53. The predicted octanol–water partition coefficient (Wildman–Crippen LogP) is 6.09. The number of carbonyl (C=O) groups is 1. The van der Waals surface area contributed by atoms with Crippen molar-refractivity contribution < 1.29 is 18.0 Å². The van der Waals surface area contributed by atoms with Gasteiger partial charge in [0.25, 0.3) is 0 Å². The highest BCUT2D eigenvalue weighted by Gasteiger charge is 2.40. The second-order valence-corrected chi connectivity index (χ2v) is 8.15. The van der Waals surface area contributed by atoms with E-state index in [1.54, 1.807) is 30.5 Å². The van der Waals surface area contributed by atoms with Gasteiger partial charge < -0.3 is 10.6 Å². The first-order valence-electron chi connectivity index (χ1n) is 11.1. The number of nitrogens with zero attached hydrogens (tertiary/aromatic N) is 1. The Kier molecular flexibility index (Phi) is 7.15. The van der Waals surface area contributed by atoms with Crippen LogP contribution in [0.3, 0.4) is 0 Å². The Morgan fingerprint density at radius 2 is 1.37 bits per heavy atom. The second-order valence-electron chi connectivity index (χ2n) is 8.15. The van der Waals surface area contributed by atoms with E-state index in [2.05, 4.69) is 15.6 Å². The zero-order valence-corrected chi connectivity index (χ0v) is 18.8. The number of hydrogen-bond donors (Lipinski definition) is 2. The molecular formula is C28H24F3N3O. The molecule has 0 aliphatic heterocycles. The number of alkyl halides is 3. The number of aromatic nitrogens is 1. The summed E-state index contributed by atoms with van der Waals surface area (Å²) in [4.78, 5) is 17.6. The lowest BCUT2D eigenvalue weighted by molar-refractivity contribution is -0.137. The van der Waals surface area contributed by atoms with Gasteiger partial charge >= 0.3 is 12.2 Å². The Morgan fingerprint density at radius 3 is 2.00 bits per heavy atom. The summed E-state index contributed by atoms with van der Waals surface area (Å²) in [6, 6.07) is 28.4. The maximum atomic E-state index is 13.6. The maximum absolute atomic E-state index is 13.6. The summed E-state index contributed by atoms with van der Waals surface area (Å²) < 4.78 is 40.9. The SMILES string of the molecule is O=C(NCc1ccccc1)NC(Cc1ccccc1)(c1cccc(C(F)(F)F)c1)c1ccccn1. The van der Waals surface area contributed by atoms with Crippen LogP contribution >= 0.6 is 0 Å². The van der Waals surface area contributed by atoms with Gasteiger partial charge in [-0.25, -0.2) is 4.79 Å². The van der Waals surface area contributed by atoms with Gasteiger partial charge in [-0.2, -0.15) is 13.2 Å². The molecule has 35 heavy (non-hydrogen) atoms. The number of amides is 2. The zero-order chi connectivity index (χ0) is 24.7. The van der Waals surface area contributed by atoms with E-state index >= 15 is 0 Å². The summed E-state index contributed by atoms with van der Waals surface area (Å²) in [5.41, 5.74) is 0.287. The molecular weight excluding hydrogens is 451 g/mol. The topological polar surface area (TPSA) is 54.0 Å². The minimum absolute atomic E-state index is 0.199. The molecule has 0 fully saturated rings. The number of halogens is 3. The number of hydrogen-bond acceptors (Lipinski definition) is 2. The first-order valence-corrected chi connectivity index (χ1v) is 11.1. The molecule has 1 unspecified atom stereocenters. The molecule has 178 valence electrons. The van der Waals surface area contributed by atoms with E-state index in [0.29, 0.717) is 5.69 Å². The van der Waals surface area contributed by atoms with E-state index in [9.17, 15) is 18.0 Å². The summed E-state index contributed by atoms with van der Waals surface area (Å²) in [5, 5.41) is 5.80. The van der Waals surface area contributed by atoms with Crippen LogP contribution in [0, 0.1) is 0 Å². The van der Waals surface area contributed by atoms with Crippen molar-refractivity contribution in [2.24, 2.45) is 0 Å². The molecule has 0 aliphatic rings. The molecule has 1 atom stereocenters. The van der Waals surface area contributed by atoms with Gasteiger partial charge in [0.2, 0.25) is 0 Å². The van der Waals surface area contributed by atoms with Gasteiger partial charge in [0.15, 0.2) is 0 Å². The van der Waals surface area contributed by atoms with E-state index in [4.69, 9.17) is 0 Å². The molecule has 0 spiro atoms. The maximum Gasteiger partial charge on any atom is 0.416 e. The van der Waals surface area contributed by atoms with Crippen LogP contribution in [-0.2, 0) is 24.7 Å². The molecule has 3 aromatic carbocycles. The van der Waals surface area contributed by atoms with Crippen molar-refractivity contribution in [3.05, 3.63) is 137 Å². The van der Waals surface area contributed by atoms with E-state index in [0.717, 1.165) is 23.3 Å². The molecule has 0 saturated carbocycles. The zero-order valence-electron chi connectivity index (χ0n) is 18.8. The summed E-state index contributed by atoms with van der Waals surface area (Å²) in [6.45, 7) is 0.263. The van der Waals surface area contributed by atoms with Crippen LogP contribution in [0.2, 0.25) is 0 Å². The number of urea groups is 1. The molecule has 4 aromatic rings. The highest BCUT2D eigenvalue weighted by molar-refractivity contribution is 5.76. The third-order valence-corrected chi connectivity index (χ3v) is 5.72. The molecule has 1 aromatic heterocycles. The van der Waals surface area contributed by atoms with Gasteiger partial charge in [-0.1, -0.05) is 78.9 Å². The van der Waals surface area contributed by atoms with E-state index in [1.165, 1.54) is 6.07 Å². The average Bonchev–Trinajstić information content (AvgIpc) is 2.88. The van der Waals surface area contributed by atoms with Crippen molar-refractivity contribution in [3.63, 3.8) is 0 Å². The number of carbonyl (C=O) groups excluding carboxylic acids is 1. The number of pyridine rings is 1. The van der Waals surface area contributed by atoms with Gasteiger partial charge in [-0.15, -0.1) is 0 Å². The van der Waals surface area contributed by atoms with Crippen molar-refractivity contribution >= 4 is 6.03 Å². The molecule has 4 rings (SSSR count). The Balaban J connectivity index is 1.79. The van der Waals surface area contributed by atoms with Crippen LogP contribution in [0.5, 0.6) is 0 Å². The molecule has 0 aliphatic carbocycles. The second kappa shape index (κ2) is 10.4. The molecule has 0 saturated heterocycles. The summed E-state index contributed by atoms with van der Waals surface area (Å²) in [6.07, 6.45) is -2.77. The lowest BCUT2D eigenvalue weighted by Gasteiger charge is -2.35. The lowest BCUT2D eigenvalue weighted by atomic mass is 9.80. The van der Waals surface area contributed by atoms with Crippen molar-refractivity contribution in [1.29, 1.82) is 0 Å². The average molecular weight is 476 g/mol. The highest BCUT2D eigenvalue weighted by Crippen LogP contribution is 2.36. The van der Waals surface area contributed by atoms with Crippen LogP contribution in [0.15, 0.2) is 109 Å². The number of benzene rings is 3. The molecule has 0 radical (unpaired) electrons. The molecule has 2 amide bonds. The Morgan fingerprint density at radius 1 is 0.743 bits per heavy atom. The molecule has 4 nitrogen and oxygen atoms in total. The van der Waals surface area contributed by atoms with E-state index in [-0.39, 0.29) is 18.5 Å². The van der Waals surface area contributed by atoms with Crippen LogP contribution in [0.1, 0.15) is 27.9 Å². The van der Waals surface area contributed by atoms with Crippen molar-refractivity contribution in [2.75, 3.05) is 0 Å². The third kappa shape index (κ3) is 5.87. The minimum Gasteiger partial charge on any atom is -0.334 e. The van der Waals surface area contributed by atoms with Crippen molar-refractivity contribution in [1.82, 2.24) is 15.6 Å². The molecule has 0 bridgehead atoms. The first-order chi connectivity index (χ1) is 16.9. The van der Waals surface area contributed by atoms with Gasteiger partial charge in [0.05, 0.1) is 11.3 Å². The fourth-order valence-electron chi connectivity index (χ4n) is 4.02. The van der Waals surface area contributed by atoms with Crippen LogP contribution in [0.25, 0.3) is 0 Å². The van der Waals surface area contributed by atoms with Gasteiger partial charge in [0.1, 0.15) is 5.54 Å². The monoisotopic (exact) mass is 475 g/mol. The van der Waals surface area contributed by atoms with Gasteiger partial charge in [-0.3, -0.25) is 4.98 Å². The largest absolute Gasteiger partial charge is 0.416 e. The van der Waals surface area contributed by atoms with Crippen molar-refractivity contribution in [2.45, 2.75) is 24.7 Å². The Bertz CT molecular complexity index is 1250. The fourth-order valence-corrected chi connectivity index (χ4v) is 4.02. The molecule has 7 heteroatoms. The van der Waals surface area contributed by atoms with Crippen LogP contribution < -0.4 is 10.6 Å². The molecule has 2 N–H and O–H groups in total. The summed E-state index contributed by atoms with van der Waals surface area (Å²) >= 11 is 0. The van der Waals surface area contributed by atoms with Crippen LogP contribution in [-0.4, -0.2) is 11.0 Å². The quantitative estimate of drug-likeness (QED) is 0.340. The normalized spacial score (nSPS) is 13.0. The van der Waals surface area contributed by atoms with Gasteiger partial charge in [-0.05, 0) is 41.0 Å². The molecule has 1 heterocycles. The fraction of sp³-hybridized carbons (Fsp3) is 0.143. The third-order valence-electron chi connectivity index (χ3n) is 5.72.